The number of amides is 3. The maximum atomic E-state index is 13.4. The highest BCUT2D eigenvalue weighted by atomic mass is 16.5. The van der Waals surface area contributed by atoms with E-state index in [1.165, 1.54) is 0 Å². The van der Waals surface area contributed by atoms with Gasteiger partial charge in [-0.1, -0.05) is 80.6 Å². The molecule has 0 bridgehead atoms. The van der Waals surface area contributed by atoms with Gasteiger partial charge in [0.2, 0.25) is 11.8 Å². The van der Waals surface area contributed by atoms with Crippen LogP contribution >= 0.6 is 0 Å². The Morgan fingerprint density at radius 2 is 1.47 bits per heavy atom. The minimum atomic E-state index is -0.972. The van der Waals surface area contributed by atoms with E-state index in [0.717, 1.165) is 28.7 Å². The van der Waals surface area contributed by atoms with Crippen LogP contribution in [0.5, 0.6) is 5.75 Å². The molecule has 3 amide bonds. The Morgan fingerprint density at radius 3 is 2.09 bits per heavy atom. The summed E-state index contributed by atoms with van der Waals surface area (Å²) in [6.45, 7) is 7.94. The second kappa shape index (κ2) is 17.1. The molecule has 0 radical (unpaired) electrons. The van der Waals surface area contributed by atoms with Crippen LogP contribution in [-0.2, 0) is 27.2 Å². The van der Waals surface area contributed by atoms with Crippen LogP contribution in [0, 0.1) is 19.8 Å². The average Bonchev–Trinajstić information content (AvgIpc) is 2.99. The van der Waals surface area contributed by atoms with Gasteiger partial charge in [0, 0.05) is 13.0 Å². The Kier molecular flexibility index (Phi) is 13.2. The van der Waals surface area contributed by atoms with Gasteiger partial charge in [-0.05, 0) is 73.4 Å². The summed E-state index contributed by atoms with van der Waals surface area (Å²) in [4.78, 5) is 38.7. The van der Waals surface area contributed by atoms with Crippen molar-refractivity contribution in [1.29, 1.82) is 0 Å². The third-order valence-corrected chi connectivity index (χ3v) is 7.45. The SMILES string of the molecule is Cc1ccc(OCC(=O)N[C@H](C(=O)N[C@@H](Cc2ccccc2)[C@@H](O)CCC(=O)NCCc2ccccc2)C(C)C)cc1C. The van der Waals surface area contributed by atoms with Crippen molar-refractivity contribution in [3.05, 3.63) is 101 Å². The highest BCUT2D eigenvalue weighted by Gasteiger charge is 2.29. The zero-order valence-electron chi connectivity index (χ0n) is 25.6. The molecule has 3 atom stereocenters. The predicted molar refractivity (Wildman–Crippen MR) is 169 cm³/mol. The van der Waals surface area contributed by atoms with E-state index in [0.29, 0.717) is 18.7 Å². The van der Waals surface area contributed by atoms with Crippen LogP contribution in [0.4, 0.5) is 0 Å². The summed E-state index contributed by atoms with van der Waals surface area (Å²) in [5.41, 5.74) is 4.26. The molecule has 0 fully saturated rings. The Labute approximate surface area is 255 Å². The van der Waals surface area contributed by atoms with E-state index in [4.69, 9.17) is 4.74 Å². The van der Waals surface area contributed by atoms with Crippen molar-refractivity contribution in [2.75, 3.05) is 13.2 Å². The fraction of sp³-hybridized carbons (Fsp3) is 0.400. The number of aliphatic hydroxyl groups is 1. The lowest BCUT2D eigenvalue weighted by Gasteiger charge is -2.28. The number of rotatable bonds is 16. The number of ether oxygens (including phenoxy) is 1. The third kappa shape index (κ3) is 11.6. The number of aliphatic hydroxyl groups excluding tert-OH is 1. The molecule has 0 aromatic heterocycles. The molecule has 3 aromatic rings. The molecule has 0 saturated heterocycles. The average molecular weight is 588 g/mol. The molecule has 0 aliphatic heterocycles. The van der Waals surface area contributed by atoms with Gasteiger partial charge in [-0.3, -0.25) is 14.4 Å². The molecule has 0 heterocycles. The lowest BCUT2D eigenvalue weighted by atomic mass is 9.96. The number of hydrogen-bond acceptors (Lipinski definition) is 5. The Hall–Kier alpha value is -4.17. The summed E-state index contributed by atoms with van der Waals surface area (Å²) in [7, 11) is 0. The van der Waals surface area contributed by atoms with E-state index in [9.17, 15) is 19.5 Å². The first-order valence-corrected chi connectivity index (χ1v) is 14.9. The van der Waals surface area contributed by atoms with Gasteiger partial charge in [0.1, 0.15) is 11.8 Å². The molecule has 3 aromatic carbocycles. The minimum absolute atomic E-state index is 0.122. The minimum Gasteiger partial charge on any atom is -0.484 e. The summed E-state index contributed by atoms with van der Waals surface area (Å²) < 4.78 is 5.65. The summed E-state index contributed by atoms with van der Waals surface area (Å²) in [6, 6.07) is 23.6. The van der Waals surface area contributed by atoms with E-state index in [1.54, 1.807) is 6.07 Å². The van der Waals surface area contributed by atoms with Gasteiger partial charge in [-0.25, -0.2) is 0 Å². The van der Waals surface area contributed by atoms with Crippen molar-refractivity contribution >= 4 is 17.7 Å². The number of aryl methyl sites for hydroxylation is 2. The van der Waals surface area contributed by atoms with E-state index in [2.05, 4.69) is 16.0 Å². The summed E-state index contributed by atoms with van der Waals surface area (Å²) in [5.74, 6) is -0.605. The highest BCUT2D eigenvalue weighted by molar-refractivity contribution is 5.88. The fourth-order valence-electron chi connectivity index (χ4n) is 4.69. The maximum Gasteiger partial charge on any atom is 0.258 e. The van der Waals surface area contributed by atoms with Crippen LogP contribution in [0.1, 0.15) is 48.9 Å². The number of nitrogens with one attached hydrogen (secondary N) is 3. The number of carbonyl (C=O) groups is 3. The molecule has 0 aliphatic rings. The van der Waals surface area contributed by atoms with Crippen molar-refractivity contribution in [2.45, 2.75) is 71.6 Å². The molecule has 8 nitrogen and oxygen atoms in total. The lowest BCUT2D eigenvalue weighted by molar-refractivity contribution is -0.132. The number of benzene rings is 3. The Bertz CT molecular complexity index is 1310. The van der Waals surface area contributed by atoms with Gasteiger partial charge in [0.15, 0.2) is 6.61 Å². The largest absolute Gasteiger partial charge is 0.484 e. The van der Waals surface area contributed by atoms with E-state index in [1.807, 2.05) is 100 Å². The number of hydrogen-bond donors (Lipinski definition) is 4. The van der Waals surface area contributed by atoms with Crippen molar-refractivity contribution in [2.24, 2.45) is 5.92 Å². The molecule has 0 spiro atoms. The van der Waals surface area contributed by atoms with Gasteiger partial charge >= 0.3 is 0 Å². The van der Waals surface area contributed by atoms with E-state index >= 15 is 0 Å². The third-order valence-electron chi connectivity index (χ3n) is 7.45. The summed E-state index contributed by atoms with van der Waals surface area (Å²) in [5, 5.41) is 19.8. The van der Waals surface area contributed by atoms with Crippen LogP contribution in [0.3, 0.4) is 0 Å². The highest BCUT2D eigenvalue weighted by Crippen LogP contribution is 2.16. The smallest absolute Gasteiger partial charge is 0.258 e. The Balaban J connectivity index is 1.57. The molecule has 0 saturated carbocycles. The van der Waals surface area contributed by atoms with Gasteiger partial charge in [0.25, 0.3) is 5.91 Å². The molecule has 4 N–H and O–H groups in total. The topological polar surface area (TPSA) is 117 Å². The van der Waals surface area contributed by atoms with Crippen LogP contribution in [-0.4, -0.2) is 54.2 Å². The molecule has 0 unspecified atom stereocenters. The van der Waals surface area contributed by atoms with Gasteiger partial charge in [0.05, 0.1) is 12.1 Å². The van der Waals surface area contributed by atoms with E-state index < -0.39 is 30.0 Å². The monoisotopic (exact) mass is 587 g/mol. The second-order valence-corrected chi connectivity index (χ2v) is 11.3. The van der Waals surface area contributed by atoms with Crippen molar-refractivity contribution in [3.63, 3.8) is 0 Å². The predicted octanol–water partition coefficient (Wildman–Crippen LogP) is 4.05. The summed E-state index contributed by atoms with van der Waals surface area (Å²) >= 11 is 0. The van der Waals surface area contributed by atoms with Crippen LogP contribution in [0.25, 0.3) is 0 Å². The van der Waals surface area contributed by atoms with Crippen LogP contribution in [0.2, 0.25) is 0 Å². The molecule has 230 valence electrons. The van der Waals surface area contributed by atoms with E-state index in [-0.39, 0.29) is 31.3 Å². The van der Waals surface area contributed by atoms with Crippen LogP contribution in [0.15, 0.2) is 78.9 Å². The summed E-state index contributed by atoms with van der Waals surface area (Å²) in [6.07, 6.45) is 0.424. The molecule has 43 heavy (non-hydrogen) atoms. The molecule has 0 aliphatic carbocycles. The first-order valence-electron chi connectivity index (χ1n) is 14.9. The zero-order valence-corrected chi connectivity index (χ0v) is 25.6. The normalized spacial score (nSPS) is 13.1. The maximum absolute atomic E-state index is 13.4. The quantitative estimate of drug-likeness (QED) is 0.202. The van der Waals surface area contributed by atoms with Crippen LogP contribution < -0.4 is 20.7 Å². The van der Waals surface area contributed by atoms with Gasteiger partial charge < -0.3 is 25.8 Å². The number of carbonyl (C=O) groups excluding carboxylic acids is 3. The van der Waals surface area contributed by atoms with Gasteiger partial charge in [-0.2, -0.15) is 0 Å². The fourth-order valence-corrected chi connectivity index (χ4v) is 4.69. The molecular weight excluding hydrogens is 542 g/mol. The Morgan fingerprint density at radius 1 is 0.814 bits per heavy atom. The molecular formula is C35H45N3O5. The standard InChI is InChI=1S/C35H45N3O5/c1-24(2)34(38-33(41)23-43-29-16-15-25(3)26(4)21-29)35(42)37-30(22-28-13-9-6-10-14-28)31(39)17-18-32(40)36-20-19-27-11-7-5-8-12-27/h5-16,21,24,30-31,34,39H,17-20,22-23H2,1-4H3,(H,36,40)(H,37,42)(H,38,41)/t30-,31-,34-/m0/s1. The van der Waals surface area contributed by atoms with Crippen molar-refractivity contribution in [3.8, 4) is 5.75 Å². The molecule has 3 rings (SSSR count). The lowest BCUT2D eigenvalue weighted by Crippen LogP contribution is -2.55. The van der Waals surface area contributed by atoms with Crippen molar-refractivity contribution < 1.29 is 24.2 Å². The second-order valence-electron chi connectivity index (χ2n) is 11.3. The molecule has 8 heteroatoms. The van der Waals surface area contributed by atoms with Gasteiger partial charge in [-0.15, -0.1) is 0 Å². The first-order chi connectivity index (χ1) is 20.6. The zero-order chi connectivity index (χ0) is 31.2. The first kappa shape index (κ1) is 33.3. The van der Waals surface area contributed by atoms with Crippen molar-refractivity contribution in [1.82, 2.24) is 16.0 Å².